The van der Waals surface area contributed by atoms with Gasteiger partial charge in [0.15, 0.2) is 0 Å². The minimum absolute atomic E-state index is 0.334. The van der Waals surface area contributed by atoms with E-state index < -0.39 is 11.7 Å². The van der Waals surface area contributed by atoms with Crippen molar-refractivity contribution in [2.24, 2.45) is 0 Å². The van der Waals surface area contributed by atoms with Crippen LogP contribution in [0.25, 0.3) is 0 Å². The predicted molar refractivity (Wildman–Crippen MR) is 92.5 cm³/mol. The molecular weight excluding hydrogens is 290 g/mol. The molecule has 5 heteroatoms. The summed E-state index contributed by atoms with van der Waals surface area (Å²) in [5, 5.41) is 2.82. The Kier molecular flexibility index (Phi) is 5.99. The number of anilines is 1. The summed E-state index contributed by atoms with van der Waals surface area (Å²) in [6.07, 6.45) is 5.95. The van der Waals surface area contributed by atoms with Crippen molar-refractivity contribution in [1.29, 1.82) is 0 Å². The van der Waals surface area contributed by atoms with Gasteiger partial charge in [0.2, 0.25) is 0 Å². The van der Waals surface area contributed by atoms with E-state index >= 15 is 0 Å². The minimum Gasteiger partial charge on any atom is -0.444 e. The van der Waals surface area contributed by atoms with Gasteiger partial charge in [0.1, 0.15) is 11.4 Å². The summed E-state index contributed by atoms with van der Waals surface area (Å²) < 4.78 is 5.35. The number of carbonyl (C=O) groups excluding carboxylic acids is 1. The second-order valence-electron chi connectivity index (χ2n) is 7.12. The number of likely N-dealkylation sites (tertiary alicyclic amines) is 1. The first kappa shape index (κ1) is 17.7. The Bertz CT molecular complexity index is 525. The average molecular weight is 319 g/mol. The quantitative estimate of drug-likeness (QED) is 0.876. The summed E-state index contributed by atoms with van der Waals surface area (Å²) in [5.41, 5.74) is 0.575. The lowest BCUT2D eigenvalue weighted by Gasteiger charge is -2.26. The summed E-state index contributed by atoms with van der Waals surface area (Å²) in [6.45, 7) is 10.00. The standard InChI is InChI=1S/C18H29N3O2/c1-5-6-12-21-13-8-10-15(21)14-9-7-11-19-16(14)20-17(22)23-18(2,3)4/h7,9,11,15H,5-6,8,10,12-13H2,1-4H3,(H,19,20,22). The summed E-state index contributed by atoms with van der Waals surface area (Å²) >= 11 is 0. The molecule has 1 amide bonds. The Morgan fingerprint density at radius 1 is 1.48 bits per heavy atom. The molecule has 1 aromatic heterocycles. The van der Waals surface area contributed by atoms with Gasteiger partial charge in [-0.1, -0.05) is 19.4 Å². The largest absolute Gasteiger partial charge is 0.444 e. The fourth-order valence-corrected chi connectivity index (χ4v) is 3.00. The maximum atomic E-state index is 12.1. The molecule has 128 valence electrons. The summed E-state index contributed by atoms with van der Waals surface area (Å²) in [4.78, 5) is 18.9. The maximum absolute atomic E-state index is 12.1. The van der Waals surface area contributed by atoms with Crippen molar-refractivity contribution in [3.63, 3.8) is 0 Å². The fraction of sp³-hybridized carbons (Fsp3) is 0.667. The molecule has 2 rings (SSSR count). The lowest BCUT2D eigenvalue weighted by atomic mass is 10.1. The van der Waals surface area contributed by atoms with E-state index in [1.165, 1.54) is 19.3 Å². The first-order chi connectivity index (χ1) is 10.9. The van der Waals surface area contributed by atoms with Crippen LogP contribution in [0.15, 0.2) is 18.3 Å². The molecule has 0 radical (unpaired) electrons. The number of rotatable bonds is 5. The molecule has 0 bridgehead atoms. The van der Waals surface area contributed by atoms with Crippen LogP contribution in [0.1, 0.15) is 65.0 Å². The van der Waals surface area contributed by atoms with Gasteiger partial charge in [-0.05, 0) is 59.2 Å². The third-order valence-corrected chi connectivity index (χ3v) is 3.98. The van der Waals surface area contributed by atoms with Gasteiger partial charge in [-0.15, -0.1) is 0 Å². The van der Waals surface area contributed by atoms with Crippen LogP contribution in [-0.4, -0.2) is 34.7 Å². The number of aromatic nitrogens is 1. The predicted octanol–water partition coefficient (Wildman–Crippen LogP) is 4.37. The third kappa shape index (κ3) is 5.20. The van der Waals surface area contributed by atoms with Crippen molar-refractivity contribution in [2.45, 2.75) is 65.0 Å². The van der Waals surface area contributed by atoms with Crippen molar-refractivity contribution in [3.05, 3.63) is 23.9 Å². The molecular formula is C18H29N3O2. The number of hydrogen-bond donors (Lipinski definition) is 1. The number of amides is 1. The normalized spacial score (nSPS) is 18.9. The van der Waals surface area contributed by atoms with Crippen molar-refractivity contribution in [1.82, 2.24) is 9.88 Å². The number of hydrogen-bond acceptors (Lipinski definition) is 4. The second kappa shape index (κ2) is 7.77. The van der Waals surface area contributed by atoms with Crippen molar-refractivity contribution >= 4 is 11.9 Å². The first-order valence-electron chi connectivity index (χ1n) is 8.59. The van der Waals surface area contributed by atoms with Crippen LogP contribution < -0.4 is 5.32 Å². The zero-order valence-electron chi connectivity index (χ0n) is 14.8. The average Bonchev–Trinajstić information content (AvgIpc) is 2.91. The van der Waals surface area contributed by atoms with Crippen molar-refractivity contribution in [3.8, 4) is 0 Å². The molecule has 1 unspecified atom stereocenters. The van der Waals surface area contributed by atoms with Gasteiger partial charge in [0.25, 0.3) is 0 Å². The van der Waals surface area contributed by atoms with Crippen LogP contribution in [0.4, 0.5) is 10.6 Å². The zero-order chi connectivity index (χ0) is 16.9. The number of nitrogens with zero attached hydrogens (tertiary/aromatic N) is 2. The molecule has 0 aromatic carbocycles. The topological polar surface area (TPSA) is 54.5 Å². The highest BCUT2D eigenvalue weighted by Gasteiger charge is 2.28. The lowest BCUT2D eigenvalue weighted by molar-refractivity contribution is 0.0635. The van der Waals surface area contributed by atoms with E-state index in [2.05, 4.69) is 28.2 Å². The highest BCUT2D eigenvalue weighted by molar-refractivity contribution is 5.84. The molecule has 1 aliphatic heterocycles. The van der Waals surface area contributed by atoms with Gasteiger partial charge >= 0.3 is 6.09 Å². The molecule has 23 heavy (non-hydrogen) atoms. The van der Waals surface area contributed by atoms with Gasteiger partial charge in [0.05, 0.1) is 0 Å². The Labute approximate surface area is 139 Å². The summed E-state index contributed by atoms with van der Waals surface area (Å²) in [7, 11) is 0. The zero-order valence-corrected chi connectivity index (χ0v) is 14.8. The van der Waals surface area contributed by atoms with Crippen LogP contribution in [0.3, 0.4) is 0 Å². The Hall–Kier alpha value is -1.62. The van der Waals surface area contributed by atoms with Gasteiger partial charge in [-0.3, -0.25) is 10.2 Å². The molecule has 5 nitrogen and oxygen atoms in total. The highest BCUT2D eigenvalue weighted by Crippen LogP contribution is 2.35. The number of pyridine rings is 1. The van der Waals surface area contributed by atoms with Crippen LogP contribution in [-0.2, 0) is 4.74 Å². The van der Waals surface area contributed by atoms with Crippen molar-refractivity contribution < 1.29 is 9.53 Å². The smallest absolute Gasteiger partial charge is 0.413 e. The lowest BCUT2D eigenvalue weighted by Crippen LogP contribution is -2.29. The van der Waals surface area contributed by atoms with E-state index in [0.29, 0.717) is 11.9 Å². The highest BCUT2D eigenvalue weighted by atomic mass is 16.6. The van der Waals surface area contributed by atoms with Crippen LogP contribution in [0.2, 0.25) is 0 Å². The van der Waals surface area contributed by atoms with E-state index in [9.17, 15) is 4.79 Å². The van der Waals surface area contributed by atoms with Gasteiger partial charge in [0, 0.05) is 17.8 Å². The third-order valence-electron chi connectivity index (χ3n) is 3.98. The maximum Gasteiger partial charge on any atom is 0.413 e. The minimum atomic E-state index is -0.514. The van der Waals surface area contributed by atoms with E-state index in [4.69, 9.17) is 4.74 Å². The van der Waals surface area contributed by atoms with Crippen LogP contribution in [0, 0.1) is 0 Å². The number of ether oxygens (including phenoxy) is 1. The van der Waals surface area contributed by atoms with Crippen LogP contribution in [0.5, 0.6) is 0 Å². The first-order valence-corrected chi connectivity index (χ1v) is 8.59. The summed E-state index contributed by atoms with van der Waals surface area (Å²) in [5.74, 6) is 0.621. The number of unbranched alkanes of at least 4 members (excludes halogenated alkanes) is 1. The van der Waals surface area contributed by atoms with Gasteiger partial charge in [-0.2, -0.15) is 0 Å². The molecule has 1 atom stereocenters. The van der Waals surface area contributed by atoms with E-state index in [-0.39, 0.29) is 0 Å². The molecule has 2 heterocycles. The molecule has 0 aliphatic carbocycles. The Morgan fingerprint density at radius 3 is 2.96 bits per heavy atom. The number of carbonyl (C=O) groups is 1. The monoisotopic (exact) mass is 319 g/mol. The van der Waals surface area contributed by atoms with E-state index in [1.54, 1.807) is 6.20 Å². The molecule has 1 saturated heterocycles. The molecule has 1 fully saturated rings. The fourth-order valence-electron chi connectivity index (χ4n) is 3.00. The molecule has 1 N–H and O–H groups in total. The number of nitrogens with one attached hydrogen (secondary N) is 1. The van der Waals surface area contributed by atoms with Crippen LogP contribution >= 0.6 is 0 Å². The van der Waals surface area contributed by atoms with Gasteiger partial charge in [-0.25, -0.2) is 9.78 Å². The summed E-state index contributed by atoms with van der Waals surface area (Å²) in [6, 6.07) is 4.33. The molecule has 0 saturated carbocycles. The Morgan fingerprint density at radius 2 is 2.26 bits per heavy atom. The SMILES string of the molecule is CCCCN1CCCC1c1cccnc1NC(=O)OC(C)(C)C. The molecule has 0 spiro atoms. The Balaban J connectivity index is 2.12. The molecule has 1 aliphatic rings. The van der Waals surface area contributed by atoms with E-state index in [1.807, 2.05) is 26.8 Å². The van der Waals surface area contributed by atoms with E-state index in [0.717, 1.165) is 25.1 Å². The van der Waals surface area contributed by atoms with Crippen molar-refractivity contribution in [2.75, 3.05) is 18.4 Å². The van der Waals surface area contributed by atoms with Gasteiger partial charge < -0.3 is 4.74 Å². The second-order valence-corrected chi connectivity index (χ2v) is 7.12. The molecule has 1 aromatic rings.